The monoisotopic (exact) mass is 380 g/mol. The Morgan fingerprint density at radius 1 is 0.462 bits per heavy atom. The lowest BCUT2D eigenvalue weighted by Gasteiger charge is -2.38. The second kappa shape index (κ2) is 7.80. The molecule has 0 spiro atoms. The Morgan fingerprint density at radius 2 is 0.769 bits per heavy atom. The molecule has 134 valence electrons. The van der Waals surface area contributed by atoms with Gasteiger partial charge in [0, 0.05) is 6.55 Å². The molecule has 3 aromatic carbocycles. The normalized spacial score (nSPS) is 11.7. The van der Waals surface area contributed by atoms with Crippen molar-refractivity contribution in [3.8, 4) is 17.2 Å². The van der Waals surface area contributed by atoms with Gasteiger partial charge in [-0.05, 0) is 49.5 Å². The molecule has 0 bridgehead atoms. The van der Waals surface area contributed by atoms with Crippen molar-refractivity contribution >= 4 is 15.9 Å². The summed E-state index contributed by atoms with van der Waals surface area (Å²) in [7, 11) is -5.09. The Balaban J connectivity index is 1.92. The maximum atomic E-state index is 6.50. The van der Waals surface area contributed by atoms with E-state index in [0.717, 1.165) is 17.2 Å². The Labute approximate surface area is 157 Å². The predicted octanol–water partition coefficient (Wildman–Crippen LogP) is 5.58. The first-order chi connectivity index (χ1) is 12.5. The first kappa shape index (κ1) is 18.3. The van der Waals surface area contributed by atoms with E-state index in [1.807, 2.05) is 91.0 Å². The van der Waals surface area contributed by atoms with E-state index < -0.39 is 15.9 Å². The Hall–Kier alpha value is -2.51. The van der Waals surface area contributed by atoms with Crippen molar-refractivity contribution in [2.45, 2.75) is 19.6 Å². The van der Waals surface area contributed by atoms with Crippen LogP contribution in [-0.4, -0.2) is 15.9 Å². The first-order valence-corrected chi connectivity index (χ1v) is 14.9. The standard InChI is InChI=1S/C21H24O3Si2/c1-25(2,22-19-13-7-4-8-14-19)26(3,23-20-15-9-5-10-16-20)24-21-17-11-6-12-18-21/h4-18H,1-3H3. The van der Waals surface area contributed by atoms with E-state index in [1.54, 1.807) is 0 Å². The maximum Gasteiger partial charge on any atom is 0.476 e. The second-order valence-electron chi connectivity index (χ2n) is 6.70. The Morgan fingerprint density at radius 3 is 1.12 bits per heavy atom. The SMILES string of the molecule is C[Si](C)(Oc1ccccc1)[Si](C)(Oc1ccccc1)Oc1ccccc1. The van der Waals surface area contributed by atoms with Gasteiger partial charge in [-0.1, -0.05) is 54.6 Å². The number of hydrogen-bond acceptors (Lipinski definition) is 3. The molecular formula is C21H24O3Si2. The third-order valence-corrected chi connectivity index (χ3v) is 16.0. The van der Waals surface area contributed by atoms with E-state index in [1.165, 1.54) is 0 Å². The fourth-order valence-electron chi connectivity index (χ4n) is 2.57. The smallest absolute Gasteiger partial charge is 0.476 e. The van der Waals surface area contributed by atoms with Crippen LogP contribution in [0.25, 0.3) is 0 Å². The van der Waals surface area contributed by atoms with Gasteiger partial charge >= 0.3 is 15.9 Å². The van der Waals surface area contributed by atoms with Gasteiger partial charge in [0.2, 0.25) is 0 Å². The molecule has 5 heteroatoms. The summed E-state index contributed by atoms with van der Waals surface area (Å²) >= 11 is 0. The fourth-order valence-corrected chi connectivity index (χ4v) is 8.28. The minimum absolute atomic E-state index is 0.815. The summed E-state index contributed by atoms with van der Waals surface area (Å²) in [5.41, 5.74) is 0. The molecule has 26 heavy (non-hydrogen) atoms. The molecule has 0 heterocycles. The van der Waals surface area contributed by atoms with E-state index in [-0.39, 0.29) is 0 Å². The zero-order valence-corrected chi connectivity index (χ0v) is 17.4. The van der Waals surface area contributed by atoms with Gasteiger partial charge < -0.3 is 13.3 Å². The van der Waals surface area contributed by atoms with Crippen LogP contribution in [0.5, 0.6) is 17.2 Å². The molecule has 0 aromatic heterocycles. The molecule has 0 amide bonds. The minimum Gasteiger partial charge on any atom is -0.538 e. The third kappa shape index (κ3) is 4.36. The molecule has 0 N–H and O–H groups in total. The minimum atomic E-state index is -2.72. The van der Waals surface area contributed by atoms with Crippen LogP contribution in [0.1, 0.15) is 0 Å². The van der Waals surface area contributed by atoms with Crippen molar-refractivity contribution in [2.75, 3.05) is 0 Å². The summed E-state index contributed by atoms with van der Waals surface area (Å²) in [4.78, 5) is 0. The van der Waals surface area contributed by atoms with Crippen LogP contribution < -0.4 is 13.3 Å². The van der Waals surface area contributed by atoms with Crippen LogP contribution in [0.15, 0.2) is 91.0 Å². The summed E-state index contributed by atoms with van der Waals surface area (Å²) < 4.78 is 19.5. The van der Waals surface area contributed by atoms with Crippen LogP contribution in [0, 0.1) is 0 Å². The van der Waals surface area contributed by atoms with Crippen molar-refractivity contribution in [1.29, 1.82) is 0 Å². The number of hydrogen-bond donors (Lipinski definition) is 0. The van der Waals surface area contributed by atoms with Crippen molar-refractivity contribution in [2.24, 2.45) is 0 Å². The number of para-hydroxylation sites is 3. The highest BCUT2D eigenvalue weighted by molar-refractivity contribution is 7.34. The number of benzene rings is 3. The summed E-state index contributed by atoms with van der Waals surface area (Å²) in [5, 5.41) is 0. The maximum absolute atomic E-state index is 6.50. The van der Waals surface area contributed by atoms with E-state index in [9.17, 15) is 0 Å². The summed E-state index contributed by atoms with van der Waals surface area (Å²) in [6, 6.07) is 29.6. The molecule has 0 aliphatic heterocycles. The molecular weight excluding hydrogens is 356 g/mol. The third-order valence-electron chi connectivity index (χ3n) is 4.32. The largest absolute Gasteiger partial charge is 0.538 e. The van der Waals surface area contributed by atoms with Crippen molar-refractivity contribution < 1.29 is 13.3 Å². The van der Waals surface area contributed by atoms with Crippen LogP contribution in [0.4, 0.5) is 0 Å². The lowest BCUT2D eigenvalue weighted by molar-refractivity contribution is 0.398. The van der Waals surface area contributed by atoms with Crippen LogP contribution in [0.2, 0.25) is 19.6 Å². The van der Waals surface area contributed by atoms with Gasteiger partial charge in [0.05, 0.1) is 0 Å². The molecule has 0 atom stereocenters. The van der Waals surface area contributed by atoms with Crippen LogP contribution in [0.3, 0.4) is 0 Å². The highest BCUT2D eigenvalue weighted by atomic mass is 29.3. The average molecular weight is 381 g/mol. The molecule has 3 aromatic rings. The van der Waals surface area contributed by atoms with Gasteiger partial charge in [-0.25, -0.2) is 0 Å². The molecule has 3 rings (SSSR count). The molecule has 0 saturated heterocycles. The van der Waals surface area contributed by atoms with Gasteiger partial charge in [0.15, 0.2) is 0 Å². The summed E-state index contributed by atoms with van der Waals surface area (Å²) in [5.74, 6) is 2.49. The predicted molar refractivity (Wildman–Crippen MR) is 110 cm³/mol. The topological polar surface area (TPSA) is 27.7 Å². The quantitative estimate of drug-likeness (QED) is 0.501. The van der Waals surface area contributed by atoms with Crippen LogP contribution in [-0.2, 0) is 0 Å². The first-order valence-electron chi connectivity index (χ1n) is 8.71. The Kier molecular flexibility index (Phi) is 5.49. The van der Waals surface area contributed by atoms with Crippen molar-refractivity contribution in [1.82, 2.24) is 0 Å². The van der Waals surface area contributed by atoms with Gasteiger partial charge in [-0.3, -0.25) is 0 Å². The zero-order valence-electron chi connectivity index (χ0n) is 15.4. The zero-order chi connectivity index (χ0) is 18.5. The van der Waals surface area contributed by atoms with Gasteiger partial charge in [0.1, 0.15) is 17.2 Å². The molecule has 0 radical (unpaired) electrons. The average Bonchev–Trinajstić information content (AvgIpc) is 2.63. The summed E-state index contributed by atoms with van der Waals surface area (Å²) in [6.07, 6.45) is 0. The molecule has 3 nitrogen and oxygen atoms in total. The van der Waals surface area contributed by atoms with E-state index >= 15 is 0 Å². The molecule has 0 aliphatic rings. The van der Waals surface area contributed by atoms with E-state index in [4.69, 9.17) is 13.3 Å². The van der Waals surface area contributed by atoms with Crippen molar-refractivity contribution in [3.05, 3.63) is 91.0 Å². The van der Waals surface area contributed by atoms with E-state index in [0.29, 0.717) is 0 Å². The van der Waals surface area contributed by atoms with Crippen LogP contribution >= 0.6 is 0 Å². The van der Waals surface area contributed by atoms with Gasteiger partial charge in [-0.2, -0.15) is 0 Å². The molecule has 0 unspecified atom stereocenters. The lowest BCUT2D eigenvalue weighted by Crippen LogP contribution is -2.69. The highest BCUT2D eigenvalue weighted by Gasteiger charge is 2.58. The van der Waals surface area contributed by atoms with Crippen molar-refractivity contribution in [3.63, 3.8) is 0 Å². The van der Waals surface area contributed by atoms with Gasteiger partial charge in [-0.15, -0.1) is 0 Å². The second-order valence-corrected chi connectivity index (χ2v) is 18.6. The van der Waals surface area contributed by atoms with E-state index in [2.05, 4.69) is 19.6 Å². The van der Waals surface area contributed by atoms with Gasteiger partial charge in [0.25, 0.3) is 0 Å². The Bertz CT molecular complexity index is 767. The highest BCUT2D eigenvalue weighted by Crippen LogP contribution is 2.29. The summed E-state index contributed by atoms with van der Waals surface area (Å²) in [6.45, 7) is 6.43. The number of rotatable bonds is 7. The molecule has 0 fully saturated rings. The molecule has 0 aliphatic carbocycles. The molecule has 0 saturated carbocycles. The fraction of sp³-hybridized carbons (Fsp3) is 0.143. The lowest BCUT2D eigenvalue weighted by atomic mass is 10.3.